The summed E-state index contributed by atoms with van der Waals surface area (Å²) in [5.41, 5.74) is 2.17. The van der Waals surface area contributed by atoms with Gasteiger partial charge in [-0.2, -0.15) is 0 Å². The lowest BCUT2D eigenvalue weighted by molar-refractivity contribution is -0.151. The highest BCUT2D eigenvalue weighted by atomic mass is 32.2. The Morgan fingerprint density at radius 1 is 1.22 bits per heavy atom. The van der Waals surface area contributed by atoms with E-state index in [9.17, 15) is 14.4 Å². The summed E-state index contributed by atoms with van der Waals surface area (Å²) in [4.78, 5) is 44.5. The number of nitrogens with one attached hydrogen (secondary N) is 1. The van der Waals surface area contributed by atoms with Crippen LogP contribution in [0.25, 0.3) is 4.91 Å². The van der Waals surface area contributed by atoms with Gasteiger partial charge in [-0.25, -0.2) is 14.6 Å². The Morgan fingerprint density at radius 3 is 2.54 bits per heavy atom. The van der Waals surface area contributed by atoms with Crippen LogP contribution in [0.5, 0.6) is 0 Å². The number of rotatable bonds is 11. The van der Waals surface area contributed by atoms with Gasteiger partial charge in [-0.05, 0) is 18.1 Å². The van der Waals surface area contributed by atoms with Gasteiger partial charge in [0, 0.05) is 6.61 Å². The number of alkyl carbamates (subject to hydrolysis) is 1. The molecule has 37 heavy (non-hydrogen) atoms. The second-order valence-electron chi connectivity index (χ2n) is 9.85. The molecule has 202 valence electrons. The van der Waals surface area contributed by atoms with Crippen LogP contribution in [0.1, 0.15) is 31.3 Å². The maximum absolute atomic E-state index is 13.2. The normalized spacial score (nSPS) is 19.2. The first-order valence-corrected chi connectivity index (χ1v) is 16.4. The number of carbonyl (C=O) groups excluding carboxylic acids is 3. The molecule has 2 aliphatic rings. The molecular weight excluding hydrogens is 534 g/mol. The van der Waals surface area contributed by atoms with Gasteiger partial charge in [0.2, 0.25) is 11.8 Å². The van der Waals surface area contributed by atoms with Crippen molar-refractivity contribution in [3.05, 3.63) is 47.3 Å². The maximum atomic E-state index is 13.2. The molecule has 0 radical (unpaired) electrons. The lowest BCUT2D eigenvalue weighted by Crippen LogP contribution is -2.59. The first-order valence-electron chi connectivity index (χ1n) is 11.7. The van der Waals surface area contributed by atoms with Crippen LogP contribution in [-0.2, 0) is 30.0 Å². The molecule has 2 aliphatic heterocycles. The average Bonchev–Trinajstić information content (AvgIpc) is 3.41. The molecule has 2 amide bonds. The summed E-state index contributed by atoms with van der Waals surface area (Å²) in [6, 6.07) is 0. The Bertz CT molecular complexity index is 1100. The van der Waals surface area contributed by atoms with E-state index < -0.39 is 20.6 Å². The molecule has 0 aromatic carbocycles. The van der Waals surface area contributed by atoms with E-state index in [1.807, 2.05) is 0 Å². The number of amides is 2. The number of hydrogen-bond donors (Lipinski definition) is 1. The Balaban J connectivity index is 1.82. The lowest BCUT2D eigenvalue weighted by Gasteiger charge is -2.44. The lowest BCUT2D eigenvalue weighted by atomic mass is 10.00. The minimum Gasteiger partial charge on any atom is -0.445 e. The van der Waals surface area contributed by atoms with E-state index in [4.69, 9.17) is 18.6 Å². The zero-order valence-corrected chi connectivity index (χ0v) is 24.3. The Hall–Kier alpha value is -2.61. The van der Waals surface area contributed by atoms with E-state index >= 15 is 0 Å². The molecule has 1 aromatic heterocycles. The third kappa shape index (κ3) is 6.45. The van der Waals surface area contributed by atoms with Crippen LogP contribution in [0.3, 0.4) is 0 Å². The molecule has 2 atom stereocenters. The van der Waals surface area contributed by atoms with Gasteiger partial charge in [0.05, 0.1) is 33.4 Å². The summed E-state index contributed by atoms with van der Waals surface area (Å²) in [5.74, 6) is -0.477. The largest absolute Gasteiger partial charge is 0.515 e. The zero-order chi connectivity index (χ0) is 27.4. The number of thioether (sulfide) groups is 1. The molecule has 0 unspecified atom stereocenters. The van der Waals surface area contributed by atoms with Gasteiger partial charge >= 0.3 is 12.2 Å². The van der Waals surface area contributed by atoms with Gasteiger partial charge in [-0.1, -0.05) is 57.8 Å². The topological polar surface area (TPSA) is 116 Å². The number of aromatic nitrogens is 1. The number of nitrogens with zero attached hydrogens (tertiary/aromatic N) is 2. The minimum absolute atomic E-state index is 0.00620. The number of hydrogen-bond acceptors (Lipinski definition) is 10. The fraction of sp³-hybridized carbons (Fsp3) is 0.500. The van der Waals surface area contributed by atoms with Crippen LogP contribution in [0.15, 0.2) is 36.7 Å². The predicted octanol–water partition coefficient (Wildman–Crippen LogP) is 5.07. The Kier molecular flexibility index (Phi) is 9.26. The van der Waals surface area contributed by atoms with Crippen LogP contribution in [0.4, 0.5) is 9.59 Å². The highest BCUT2D eigenvalue weighted by molar-refractivity contribution is 8.09. The molecule has 0 bridgehead atoms. The van der Waals surface area contributed by atoms with Crippen LogP contribution >= 0.6 is 23.1 Å². The van der Waals surface area contributed by atoms with Crippen LogP contribution in [-0.4, -0.2) is 61.6 Å². The van der Waals surface area contributed by atoms with Crippen LogP contribution in [0, 0.1) is 5.92 Å². The van der Waals surface area contributed by atoms with E-state index in [1.54, 1.807) is 5.51 Å². The molecule has 0 aliphatic carbocycles. The molecule has 10 nitrogen and oxygen atoms in total. The fourth-order valence-electron chi connectivity index (χ4n) is 3.23. The highest BCUT2D eigenvalue weighted by Gasteiger charge is 2.57. The monoisotopic (exact) mass is 567 g/mol. The average molecular weight is 568 g/mol. The third-order valence-corrected chi connectivity index (χ3v) is 13.2. The predicted molar refractivity (Wildman–Crippen MR) is 145 cm³/mol. The fourth-order valence-corrected chi connectivity index (χ4v) is 6.66. The Labute approximate surface area is 226 Å². The van der Waals surface area contributed by atoms with E-state index in [0.29, 0.717) is 15.5 Å². The zero-order valence-electron chi connectivity index (χ0n) is 21.7. The first-order chi connectivity index (χ1) is 17.4. The summed E-state index contributed by atoms with van der Waals surface area (Å²) in [5, 5.41) is 2.35. The van der Waals surface area contributed by atoms with Crippen molar-refractivity contribution in [2.75, 3.05) is 19.8 Å². The minimum atomic E-state index is -2.07. The van der Waals surface area contributed by atoms with E-state index in [1.165, 1.54) is 40.2 Å². The SMILES string of the molecule is C=CCOC(=O)NCc1ncsc1C1=C(OC(=O)OCC=C)N2C(=O)[C@H](CO[Si](C)(C)C(C)(C)C)[C@H]2S1. The summed E-state index contributed by atoms with van der Waals surface area (Å²) in [6.07, 6.45) is 1.33. The number of carbonyl (C=O) groups is 3. The molecule has 0 saturated carbocycles. The number of β-lactam (4-membered cyclic amide) rings is 1. The summed E-state index contributed by atoms with van der Waals surface area (Å²) in [7, 11) is -2.07. The molecule has 1 aromatic rings. The van der Waals surface area contributed by atoms with Crippen LogP contribution in [0.2, 0.25) is 18.1 Å². The number of thiazole rings is 1. The maximum Gasteiger partial charge on any atom is 0.515 e. The highest BCUT2D eigenvalue weighted by Crippen LogP contribution is 2.54. The van der Waals surface area contributed by atoms with Crippen molar-refractivity contribution >= 4 is 54.5 Å². The van der Waals surface area contributed by atoms with Gasteiger partial charge in [-0.3, -0.25) is 9.69 Å². The molecule has 0 spiro atoms. The standard InChI is InChI=1S/C24H33N3O7S2Si/c1-8-10-31-22(29)25-12-16-17(35-14-26-16)18-20(34-23(30)32-11-9-2)27-19(28)15(21(27)36-18)13-33-37(6,7)24(3,4)5/h8-9,14-15,21H,1-2,10-13H2,3-7H3,(H,25,29)/t15-,21+/m0/s1. The molecule has 3 rings (SSSR count). The van der Waals surface area contributed by atoms with Gasteiger partial charge in [-0.15, -0.1) is 11.3 Å². The molecule has 1 N–H and O–H groups in total. The molecule has 3 heterocycles. The molecule has 1 saturated heterocycles. The van der Waals surface area contributed by atoms with Gasteiger partial charge < -0.3 is 24.0 Å². The smallest absolute Gasteiger partial charge is 0.445 e. The van der Waals surface area contributed by atoms with Crippen molar-refractivity contribution in [2.45, 2.75) is 50.8 Å². The van der Waals surface area contributed by atoms with E-state index in [0.717, 1.165) is 0 Å². The number of fused-ring (bicyclic) bond motifs is 1. The van der Waals surface area contributed by atoms with Gasteiger partial charge in [0.1, 0.15) is 18.6 Å². The number of ether oxygens (including phenoxy) is 3. The third-order valence-electron chi connectivity index (χ3n) is 6.31. The van der Waals surface area contributed by atoms with Crippen molar-refractivity contribution in [3.8, 4) is 0 Å². The summed E-state index contributed by atoms with van der Waals surface area (Å²) >= 11 is 2.72. The summed E-state index contributed by atoms with van der Waals surface area (Å²) in [6.45, 7) is 18.2. The van der Waals surface area contributed by atoms with Crippen LogP contribution < -0.4 is 5.32 Å². The summed E-state index contributed by atoms with van der Waals surface area (Å²) < 4.78 is 21.8. The quantitative estimate of drug-likeness (QED) is 0.169. The van der Waals surface area contributed by atoms with E-state index in [-0.39, 0.29) is 54.5 Å². The Morgan fingerprint density at radius 2 is 1.89 bits per heavy atom. The second kappa shape index (κ2) is 11.8. The van der Waals surface area contributed by atoms with E-state index in [2.05, 4.69) is 57.3 Å². The molecule has 13 heteroatoms. The second-order valence-corrected chi connectivity index (χ2v) is 16.6. The first kappa shape index (κ1) is 29.0. The van der Waals surface area contributed by atoms with Crippen molar-refractivity contribution in [1.29, 1.82) is 0 Å². The van der Waals surface area contributed by atoms with Crippen molar-refractivity contribution in [1.82, 2.24) is 15.2 Å². The molecule has 1 fully saturated rings. The van der Waals surface area contributed by atoms with Gasteiger partial charge in [0.25, 0.3) is 0 Å². The van der Waals surface area contributed by atoms with Crippen molar-refractivity contribution in [3.63, 3.8) is 0 Å². The van der Waals surface area contributed by atoms with Crippen molar-refractivity contribution in [2.24, 2.45) is 5.92 Å². The van der Waals surface area contributed by atoms with Crippen molar-refractivity contribution < 1.29 is 33.0 Å². The molecular formula is C24H33N3O7S2Si. The van der Waals surface area contributed by atoms with Gasteiger partial charge in [0.15, 0.2) is 8.32 Å².